The van der Waals surface area contributed by atoms with E-state index in [9.17, 15) is 10.1 Å². The normalized spacial score (nSPS) is 9.39. The third-order valence-electron chi connectivity index (χ3n) is 2.75. The van der Waals surface area contributed by atoms with E-state index < -0.39 is 10.6 Å². The maximum absolute atomic E-state index is 11.1. The lowest BCUT2D eigenvalue weighted by Gasteiger charge is -2.10. The van der Waals surface area contributed by atoms with Crippen molar-refractivity contribution in [1.82, 2.24) is 0 Å². The van der Waals surface area contributed by atoms with Gasteiger partial charge in [-0.1, -0.05) is 19.8 Å². The number of ether oxygens (including phenoxy) is 1. The number of rotatable bonds is 8. The van der Waals surface area contributed by atoms with Crippen LogP contribution in [-0.4, -0.2) is 17.2 Å². The van der Waals surface area contributed by atoms with Crippen LogP contribution in [0.4, 0.5) is 11.4 Å². The molecule has 0 aliphatic carbocycles. The SMILES string of the molecule is CCCCCOc1cc(NN=C(C#N)C#N)c([N+](=O)[O-])cc1Br. The lowest BCUT2D eigenvalue weighted by Crippen LogP contribution is -2.03. The van der Waals surface area contributed by atoms with E-state index in [1.165, 1.54) is 12.1 Å². The Hall–Kier alpha value is -2.65. The third kappa shape index (κ3) is 5.57. The van der Waals surface area contributed by atoms with Gasteiger partial charge in [0, 0.05) is 12.1 Å². The molecule has 23 heavy (non-hydrogen) atoms. The predicted octanol–water partition coefficient (Wildman–Crippen LogP) is 3.74. The van der Waals surface area contributed by atoms with Crippen LogP contribution in [0.5, 0.6) is 5.75 Å². The van der Waals surface area contributed by atoms with Crippen molar-refractivity contribution in [3.8, 4) is 17.9 Å². The Morgan fingerprint density at radius 3 is 2.70 bits per heavy atom. The van der Waals surface area contributed by atoms with Gasteiger partial charge in [-0.2, -0.15) is 15.6 Å². The van der Waals surface area contributed by atoms with Gasteiger partial charge in [-0.15, -0.1) is 0 Å². The van der Waals surface area contributed by atoms with Crippen LogP contribution in [0.15, 0.2) is 21.7 Å². The number of nitro groups is 1. The zero-order chi connectivity index (χ0) is 17.2. The quantitative estimate of drug-likeness (QED) is 0.317. The number of nitro benzene ring substituents is 1. The van der Waals surface area contributed by atoms with Crippen LogP contribution >= 0.6 is 15.9 Å². The molecule has 1 aromatic carbocycles. The molecule has 9 heteroatoms. The van der Waals surface area contributed by atoms with Crippen molar-refractivity contribution < 1.29 is 9.66 Å². The fourth-order valence-corrected chi connectivity index (χ4v) is 2.07. The van der Waals surface area contributed by atoms with E-state index in [0.29, 0.717) is 16.8 Å². The first-order chi connectivity index (χ1) is 11.0. The minimum atomic E-state index is -0.595. The zero-order valence-electron chi connectivity index (χ0n) is 12.4. The number of anilines is 1. The molecule has 0 radical (unpaired) electrons. The summed E-state index contributed by atoms with van der Waals surface area (Å²) in [4.78, 5) is 10.5. The molecule has 0 spiro atoms. The van der Waals surface area contributed by atoms with E-state index in [1.807, 2.05) is 0 Å². The first-order valence-corrected chi connectivity index (χ1v) is 7.57. The molecule has 0 saturated heterocycles. The van der Waals surface area contributed by atoms with Gasteiger partial charge in [0.25, 0.3) is 5.69 Å². The summed E-state index contributed by atoms with van der Waals surface area (Å²) in [5.74, 6) is 0.417. The van der Waals surface area contributed by atoms with Crippen LogP contribution in [0.25, 0.3) is 0 Å². The van der Waals surface area contributed by atoms with Crippen LogP contribution in [0.2, 0.25) is 0 Å². The molecule has 0 aliphatic heterocycles. The molecule has 0 amide bonds. The van der Waals surface area contributed by atoms with Gasteiger partial charge in [0.1, 0.15) is 23.6 Å². The van der Waals surface area contributed by atoms with Crippen LogP contribution in [0, 0.1) is 32.8 Å². The first kappa shape index (κ1) is 18.4. The van der Waals surface area contributed by atoms with Crippen LogP contribution in [0.1, 0.15) is 26.2 Å². The molecule has 0 heterocycles. The Kier molecular flexibility index (Phi) is 7.51. The number of nitrogens with one attached hydrogen (secondary N) is 1. The molecule has 0 saturated carbocycles. The van der Waals surface area contributed by atoms with Crippen LogP contribution < -0.4 is 10.2 Å². The maximum Gasteiger partial charge on any atom is 0.295 e. The van der Waals surface area contributed by atoms with Gasteiger partial charge in [-0.05, 0) is 22.4 Å². The largest absolute Gasteiger partial charge is 0.492 e. The second kappa shape index (κ2) is 9.38. The fourth-order valence-electron chi connectivity index (χ4n) is 1.62. The van der Waals surface area contributed by atoms with Gasteiger partial charge >= 0.3 is 0 Å². The van der Waals surface area contributed by atoms with Crippen LogP contribution in [0.3, 0.4) is 0 Å². The standard InChI is InChI=1S/C14H14BrN5O3/c1-2-3-4-5-23-14-7-12(19-18-10(8-16)9-17)13(20(21)22)6-11(14)15/h6-7,19H,2-5H2,1H3. The molecule has 0 unspecified atom stereocenters. The molecule has 120 valence electrons. The van der Waals surface area contributed by atoms with E-state index in [0.717, 1.165) is 19.3 Å². The van der Waals surface area contributed by atoms with Gasteiger partial charge in [0.2, 0.25) is 5.71 Å². The van der Waals surface area contributed by atoms with E-state index >= 15 is 0 Å². The average molecular weight is 380 g/mol. The average Bonchev–Trinajstić information content (AvgIpc) is 2.54. The number of hydrogen-bond donors (Lipinski definition) is 1. The van der Waals surface area contributed by atoms with Gasteiger partial charge in [0.15, 0.2) is 0 Å². The van der Waals surface area contributed by atoms with Gasteiger partial charge in [-0.3, -0.25) is 15.5 Å². The second-order valence-electron chi connectivity index (χ2n) is 4.41. The lowest BCUT2D eigenvalue weighted by molar-refractivity contribution is -0.384. The summed E-state index contributed by atoms with van der Waals surface area (Å²) in [6.07, 6.45) is 2.94. The molecule has 0 aliphatic rings. The van der Waals surface area contributed by atoms with E-state index in [-0.39, 0.29) is 11.4 Å². The predicted molar refractivity (Wildman–Crippen MR) is 88.1 cm³/mol. The highest BCUT2D eigenvalue weighted by Gasteiger charge is 2.18. The zero-order valence-corrected chi connectivity index (χ0v) is 14.0. The Morgan fingerprint density at radius 1 is 1.43 bits per heavy atom. The monoisotopic (exact) mass is 379 g/mol. The van der Waals surface area contributed by atoms with E-state index in [2.05, 4.69) is 33.4 Å². The summed E-state index contributed by atoms with van der Waals surface area (Å²) in [6, 6.07) is 5.81. The molecule has 0 atom stereocenters. The molecule has 8 nitrogen and oxygen atoms in total. The highest BCUT2D eigenvalue weighted by molar-refractivity contribution is 9.10. The fraction of sp³-hybridized carbons (Fsp3) is 0.357. The van der Waals surface area contributed by atoms with E-state index in [4.69, 9.17) is 15.3 Å². The molecule has 1 aromatic rings. The summed E-state index contributed by atoms with van der Waals surface area (Å²) in [5, 5.41) is 31.9. The van der Waals surface area contributed by atoms with Crippen molar-refractivity contribution in [3.63, 3.8) is 0 Å². The summed E-state index contributed by atoms with van der Waals surface area (Å²) in [7, 11) is 0. The maximum atomic E-state index is 11.1. The summed E-state index contributed by atoms with van der Waals surface area (Å²) in [5.41, 5.74) is 1.71. The topological polar surface area (TPSA) is 124 Å². The molecule has 0 aromatic heterocycles. The highest BCUT2D eigenvalue weighted by Crippen LogP contribution is 2.36. The Bertz CT molecular complexity index is 675. The summed E-state index contributed by atoms with van der Waals surface area (Å²) >= 11 is 3.23. The highest BCUT2D eigenvalue weighted by atomic mass is 79.9. The number of nitrogens with zero attached hydrogens (tertiary/aromatic N) is 4. The second-order valence-corrected chi connectivity index (χ2v) is 5.26. The number of unbranched alkanes of at least 4 members (excludes halogenated alkanes) is 2. The number of benzene rings is 1. The molecule has 0 bridgehead atoms. The number of hydrogen-bond acceptors (Lipinski definition) is 7. The smallest absolute Gasteiger partial charge is 0.295 e. The Labute approximate surface area is 141 Å². The molecular formula is C14H14BrN5O3. The lowest BCUT2D eigenvalue weighted by atomic mass is 10.2. The minimum absolute atomic E-state index is 0.0340. The van der Waals surface area contributed by atoms with Crippen molar-refractivity contribution >= 4 is 33.0 Å². The van der Waals surface area contributed by atoms with E-state index in [1.54, 1.807) is 12.1 Å². The van der Waals surface area contributed by atoms with Crippen molar-refractivity contribution in [2.45, 2.75) is 26.2 Å². The Balaban J connectivity index is 3.06. The molecule has 1 N–H and O–H groups in total. The van der Waals surface area contributed by atoms with Crippen molar-refractivity contribution in [2.24, 2.45) is 5.10 Å². The van der Waals surface area contributed by atoms with Gasteiger partial charge < -0.3 is 4.74 Å². The molecular weight excluding hydrogens is 366 g/mol. The van der Waals surface area contributed by atoms with Gasteiger partial charge in [0.05, 0.1) is 16.0 Å². The number of hydrazone groups is 1. The molecule has 0 fully saturated rings. The van der Waals surface area contributed by atoms with Crippen molar-refractivity contribution in [1.29, 1.82) is 10.5 Å². The number of halogens is 1. The van der Waals surface area contributed by atoms with Gasteiger partial charge in [-0.25, -0.2) is 0 Å². The first-order valence-electron chi connectivity index (χ1n) is 6.78. The summed E-state index contributed by atoms with van der Waals surface area (Å²) < 4.78 is 6.03. The van der Waals surface area contributed by atoms with Crippen molar-refractivity contribution in [2.75, 3.05) is 12.0 Å². The van der Waals surface area contributed by atoms with Crippen molar-refractivity contribution in [3.05, 3.63) is 26.7 Å². The third-order valence-corrected chi connectivity index (χ3v) is 3.37. The van der Waals surface area contributed by atoms with Crippen LogP contribution in [-0.2, 0) is 0 Å². The number of nitriles is 2. The minimum Gasteiger partial charge on any atom is -0.492 e. The molecule has 1 rings (SSSR count). The summed E-state index contributed by atoms with van der Waals surface area (Å²) in [6.45, 7) is 2.55. The Morgan fingerprint density at radius 2 is 2.13 bits per heavy atom.